The molecular formula is C11H22BrNO2. The standard InChI is InChI=1S/C11H22BrNO2/c1-10-3-4-11(15-10)9-13(6-5-12)7-8-14-2/h10-11H,3-9H2,1-2H3. The van der Waals surface area contributed by atoms with Crippen LogP contribution in [0.1, 0.15) is 19.8 Å². The summed E-state index contributed by atoms with van der Waals surface area (Å²) in [4.78, 5) is 2.40. The molecule has 15 heavy (non-hydrogen) atoms. The second-order valence-corrected chi connectivity index (χ2v) is 4.92. The lowest BCUT2D eigenvalue weighted by molar-refractivity contribution is 0.0276. The lowest BCUT2D eigenvalue weighted by Gasteiger charge is -2.24. The van der Waals surface area contributed by atoms with Gasteiger partial charge in [-0.25, -0.2) is 0 Å². The zero-order chi connectivity index (χ0) is 11.1. The molecule has 0 aromatic carbocycles. The van der Waals surface area contributed by atoms with Crippen molar-refractivity contribution in [3.05, 3.63) is 0 Å². The van der Waals surface area contributed by atoms with Gasteiger partial charge in [-0.2, -0.15) is 0 Å². The van der Waals surface area contributed by atoms with E-state index >= 15 is 0 Å². The second-order valence-electron chi connectivity index (χ2n) is 4.13. The fourth-order valence-electron chi connectivity index (χ4n) is 1.94. The highest BCUT2D eigenvalue weighted by Gasteiger charge is 2.23. The van der Waals surface area contributed by atoms with Gasteiger partial charge in [-0.3, -0.25) is 4.90 Å². The van der Waals surface area contributed by atoms with E-state index in [1.54, 1.807) is 7.11 Å². The van der Waals surface area contributed by atoms with Crippen LogP contribution in [0.25, 0.3) is 0 Å². The van der Waals surface area contributed by atoms with E-state index in [0.29, 0.717) is 12.2 Å². The summed E-state index contributed by atoms with van der Waals surface area (Å²) in [6.07, 6.45) is 3.28. The Labute approximate surface area is 101 Å². The molecule has 0 aliphatic carbocycles. The molecule has 1 heterocycles. The quantitative estimate of drug-likeness (QED) is 0.665. The van der Waals surface area contributed by atoms with Crippen LogP contribution in [-0.2, 0) is 9.47 Å². The summed E-state index contributed by atoms with van der Waals surface area (Å²) in [6, 6.07) is 0. The summed E-state index contributed by atoms with van der Waals surface area (Å²) in [7, 11) is 1.75. The zero-order valence-electron chi connectivity index (χ0n) is 9.75. The third-order valence-corrected chi connectivity index (χ3v) is 3.15. The lowest BCUT2D eigenvalue weighted by atomic mass is 10.2. The lowest BCUT2D eigenvalue weighted by Crippen LogP contribution is -2.36. The van der Waals surface area contributed by atoms with Gasteiger partial charge in [-0.05, 0) is 19.8 Å². The molecule has 0 aromatic heterocycles. The average Bonchev–Trinajstić information content (AvgIpc) is 2.61. The van der Waals surface area contributed by atoms with Gasteiger partial charge in [0.25, 0.3) is 0 Å². The molecule has 0 bridgehead atoms. The molecule has 4 heteroatoms. The minimum absolute atomic E-state index is 0.427. The summed E-state index contributed by atoms with van der Waals surface area (Å²) in [5, 5.41) is 1.01. The fourth-order valence-corrected chi connectivity index (χ4v) is 2.44. The van der Waals surface area contributed by atoms with Crippen LogP contribution in [0.15, 0.2) is 0 Å². The van der Waals surface area contributed by atoms with Crippen molar-refractivity contribution < 1.29 is 9.47 Å². The molecule has 0 aromatic rings. The smallest absolute Gasteiger partial charge is 0.0706 e. The first kappa shape index (κ1) is 13.4. The van der Waals surface area contributed by atoms with Gasteiger partial charge in [0.15, 0.2) is 0 Å². The number of ether oxygens (including phenoxy) is 2. The molecule has 3 nitrogen and oxygen atoms in total. The SMILES string of the molecule is COCCN(CCBr)CC1CCC(C)O1. The molecule has 0 amide bonds. The molecule has 1 saturated heterocycles. The van der Waals surface area contributed by atoms with Gasteiger partial charge in [-0.1, -0.05) is 15.9 Å². The highest BCUT2D eigenvalue weighted by atomic mass is 79.9. The minimum Gasteiger partial charge on any atom is -0.383 e. The van der Waals surface area contributed by atoms with Crippen LogP contribution in [0.2, 0.25) is 0 Å². The predicted octanol–water partition coefficient (Wildman–Crippen LogP) is 1.90. The van der Waals surface area contributed by atoms with Crippen molar-refractivity contribution in [3.8, 4) is 0 Å². The molecule has 2 atom stereocenters. The van der Waals surface area contributed by atoms with Crippen molar-refractivity contribution in [3.63, 3.8) is 0 Å². The Morgan fingerprint density at radius 3 is 2.73 bits per heavy atom. The van der Waals surface area contributed by atoms with E-state index in [9.17, 15) is 0 Å². The summed E-state index contributed by atoms with van der Waals surface area (Å²) < 4.78 is 10.9. The third-order valence-electron chi connectivity index (χ3n) is 2.79. The Morgan fingerprint density at radius 2 is 2.20 bits per heavy atom. The van der Waals surface area contributed by atoms with Crippen molar-refractivity contribution in [1.29, 1.82) is 0 Å². The van der Waals surface area contributed by atoms with Gasteiger partial charge in [0, 0.05) is 32.1 Å². The molecule has 1 aliphatic heterocycles. The van der Waals surface area contributed by atoms with Gasteiger partial charge >= 0.3 is 0 Å². The van der Waals surface area contributed by atoms with E-state index in [0.717, 1.165) is 31.6 Å². The molecular weight excluding hydrogens is 258 g/mol. The van der Waals surface area contributed by atoms with E-state index in [1.165, 1.54) is 12.8 Å². The number of hydrogen-bond donors (Lipinski definition) is 0. The fraction of sp³-hybridized carbons (Fsp3) is 1.00. The van der Waals surface area contributed by atoms with Gasteiger partial charge in [0.1, 0.15) is 0 Å². The summed E-state index contributed by atoms with van der Waals surface area (Å²) in [5.41, 5.74) is 0. The normalized spacial score (nSPS) is 26.4. The molecule has 90 valence electrons. The molecule has 1 fully saturated rings. The maximum absolute atomic E-state index is 5.82. The van der Waals surface area contributed by atoms with Gasteiger partial charge in [0.05, 0.1) is 18.8 Å². The van der Waals surface area contributed by atoms with Gasteiger partial charge in [-0.15, -0.1) is 0 Å². The third kappa shape index (κ3) is 5.29. The number of halogens is 1. The second kappa shape index (κ2) is 7.60. The van der Waals surface area contributed by atoms with Crippen molar-refractivity contribution in [2.24, 2.45) is 0 Å². The molecule has 0 N–H and O–H groups in total. The molecule has 1 aliphatic rings. The average molecular weight is 280 g/mol. The molecule has 0 spiro atoms. The zero-order valence-corrected chi connectivity index (χ0v) is 11.3. The van der Waals surface area contributed by atoms with Crippen LogP contribution >= 0.6 is 15.9 Å². The Bertz CT molecular complexity index is 169. The van der Waals surface area contributed by atoms with Crippen molar-refractivity contribution in [2.45, 2.75) is 32.0 Å². The maximum Gasteiger partial charge on any atom is 0.0706 e. The van der Waals surface area contributed by atoms with E-state index in [2.05, 4.69) is 27.8 Å². The number of alkyl halides is 1. The van der Waals surface area contributed by atoms with Crippen LogP contribution in [-0.4, -0.2) is 55.8 Å². The number of rotatable bonds is 7. The van der Waals surface area contributed by atoms with Crippen LogP contribution in [0, 0.1) is 0 Å². The topological polar surface area (TPSA) is 21.7 Å². The van der Waals surface area contributed by atoms with Crippen molar-refractivity contribution in [1.82, 2.24) is 4.90 Å². The van der Waals surface area contributed by atoms with Gasteiger partial charge < -0.3 is 9.47 Å². The Kier molecular flexibility index (Phi) is 6.81. The van der Waals surface area contributed by atoms with Gasteiger partial charge in [0.2, 0.25) is 0 Å². The Morgan fingerprint density at radius 1 is 1.40 bits per heavy atom. The molecule has 0 saturated carbocycles. The highest BCUT2D eigenvalue weighted by molar-refractivity contribution is 9.09. The Hall–Kier alpha value is 0.360. The number of methoxy groups -OCH3 is 1. The van der Waals surface area contributed by atoms with Crippen molar-refractivity contribution >= 4 is 15.9 Å². The largest absolute Gasteiger partial charge is 0.383 e. The first-order valence-corrected chi connectivity index (χ1v) is 6.81. The molecule has 2 unspecified atom stereocenters. The summed E-state index contributed by atoms with van der Waals surface area (Å²) in [5.74, 6) is 0. The first-order valence-electron chi connectivity index (χ1n) is 5.69. The van der Waals surface area contributed by atoms with E-state index in [1.807, 2.05) is 0 Å². The molecule has 1 rings (SSSR count). The predicted molar refractivity (Wildman–Crippen MR) is 65.7 cm³/mol. The monoisotopic (exact) mass is 279 g/mol. The van der Waals surface area contributed by atoms with E-state index < -0.39 is 0 Å². The van der Waals surface area contributed by atoms with Crippen LogP contribution in [0.3, 0.4) is 0 Å². The minimum atomic E-state index is 0.427. The first-order chi connectivity index (χ1) is 7.26. The van der Waals surface area contributed by atoms with Crippen LogP contribution in [0.5, 0.6) is 0 Å². The summed E-state index contributed by atoms with van der Waals surface area (Å²) >= 11 is 3.48. The van der Waals surface area contributed by atoms with Crippen LogP contribution in [0.4, 0.5) is 0 Å². The van der Waals surface area contributed by atoms with E-state index in [-0.39, 0.29) is 0 Å². The van der Waals surface area contributed by atoms with Crippen LogP contribution < -0.4 is 0 Å². The van der Waals surface area contributed by atoms with Crippen molar-refractivity contribution in [2.75, 3.05) is 38.7 Å². The van der Waals surface area contributed by atoms with E-state index in [4.69, 9.17) is 9.47 Å². The Balaban J connectivity index is 2.23. The summed E-state index contributed by atoms with van der Waals surface area (Å²) in [6.45, 7) is 6.06. The number of hydrogen-bond acceptors (Lipinski definition) is 3. The number of nitrogens with zero attached hydrogens (tertiary/aromatic N) is 1. The molecule has 0 radical (unpaired) electrons. The highest BCUT2D eigenvalue weighted by Crippen LogP contribution is 2.19. The maximum atomic E-state index is 5.82.